The zero-order valence-corrected chi connectivity index (χ0v) is 9.41. The van der Waals surface area contributed by atoms with Crippen LogP contribution < -0.4 is 0 Å². The molecule has 84 valence electrons. The van der Waals surface area contributed by atoms with E-state index in [9.17, 15) is 4.79 Å². The number of hydrogen-bond acceptors (Lipinski definition) is 3. The van der Waals surface area contributed by atoms with Gasteiger partial charge in [-0.05, 0) is 33.0 Å². The Morgan fingerprint density at radius 1 is 1.60 bits per heavy atom. The monoisotopic (exact) mass is 211 g/mol. The third-order valence-corrected chi connectivity index (χ3v) is 2.23. The number of hydrogen-bond donors (Lipinski definition) is 1. The highest BCUT2D eigenvalue weighted by Crippen LogP contribution is 2.15. The van der Waals surface area contributed by atoms with Crippen LogP contribution in [0.4, 0.5) is 0 Å². The number of furan rings is 1. The van der Waals surface area contributed by atoms with Gasteiger partial charge in [0.15, 0.2) is 0 Å². The summed E-state index contributed by atoms with van der Waals surface area (Å²) in [5.74, 6) is 0.254. The summed E-state index contributed by atoms with van der Waals surface area (Å²) >= 11 is 0. The molecule has 0 aliphatic rings. The summed E-state index contributed by atoms with van der Waals surface area (Å²) in [7, 11) is 1.99. The van der Waals surface area contributed by atoms with Gasteiger partial charge in [0.25, 0.3) is 0 Å². The first-order valence-corrected chi connectivity index (χ1v) is 5.05. The molecule has 0 saturated carbocycles. The van der Waals surface area contributed by atoms with Crippen molar-refractivity contribution >= 4 is 5.97 Å². The fourth-order valence-electron chi connectivity index (χ4n) is 1.56. The molecule has 0 fully saturated rings. The van der Waals surface area contributed by atoms with Crippen LogP contribution in [0.15, 0.2) is 10.5 Å². The molecule has 15 heavy (non-hydrogen) atoms. The number of aryl methyl sites for hydroxylation is 1. The number of aromatic carboxylic acids is 1. The highest BCUT2D eigenvalue weighted by atomic mass is 16.4. The van der Waals surface area contributed by atoms with E-state index in [4.69, 9.17) is 9.52 Å². The van der Waals surface area contributed by atoms with Gasteiger partial charge >= 0.3 is 5.97 Å². The normalized spacial score (nSPS) is 10.9. The Morgan fingerprint density at radius 3 is 2.73 bits per heavy atom. The van der Waals surface area contributed by atoms with Gasteiger partial charge < -0.3 is 9.52 Å². The lowest BCUT2D eigenvalue weighted by Crippen LogP contribution is -2.17. The van der Waals surface area contributed by atoms with Gasteiger partial charge in [-0.2, -0.15) is 0 Å². The lowest BCUT2D eigenvalue weighted by atomic mass is 10.2. The van der Waals surface area contributed by atoms with E-state index in [1.165, 1.54) is 0 Å². The second-order valence-electron chi connectivity index (χ2n) is 3.73. The Kier molecular flexibility index (Phi) is 3.91. The van der Waals surface area contributed by atoms with E-state index in [0.29, 0.717) is 18.1 Å². The molecule has 0 radical (unpaired) electrons. The molecule has 1 heterocycles. The van der Waals surface area contributed by atoms with Crippen LogP contribution in [-0.4, -0.2) is 29.6 Å². The highest BCUT2D eigenvalue weighted by Gasteiger charge is 2.14. The van der Waals surface area contributed by atoms with E-state index >= 15 is 0 Å². The highest BCUT2D eigenvalue weighted by molar-refractivity contribution is 5.88. The van der Waals surface area contributed by atoms with E-state index in [-0.39, 0.29) is 5.56 Å². The molecule has 0 spiro atoms. The SMILES string of the molecule is CCCN(C)Cc1cc(C(=O)O)c(C)o1. The smallest absolute Gasteiger partial charge is 0.339 e. The second kappa shape index (κ2) is 4.98. The van der Waals surface area contributed by atoms with Crippen LogP contribution in [0.25, 0.3) is 0 Å². The maximum atomic E-state index is 10.8. The minimum Gasteiger partial charge on any atom is -0.478 e. The number of carboxylic acids is 1. The Bertz CT molecular complexity index is 344. The van der Waals surface area contributed by atoms with Crippen LogP contribution >= 0.6 is 0 Å². The Labute approximate surface area is 89.5 Å². The average Bonchev–Trinajstić information content (AvgIpc) is 2.47. The molecule has 4 nitrogen and oxygen atoms in total. The molecule has 0 saturated heterocycles. The molecule has 0 aliphatic heterocycles. The summed E-state index contributed by atoms with van der Waals surface area (Å²) in [6.45, 7) is 5.41. The lowest BCUT2D eigenvalue weighted by Gasteiger charge is -2.12. The summed E-state index contributed by atoms with van der Waals surface area (Å²) in [5.41, 5.74) is 0.259. The molecule has 0 bridgehead atoms. The fourth-order valence-corrected chi connectivity index (χ4v) is 1.56. The lowest BCUT2D eigenvalue weighted by molar-refractivity contribution is 0.0695. The molecule has 1 aromatic rings. The molecule has 4 heteroatoms. The van der Waals surface area contributed by atoms with E-state index in [2.05, 4.69) is 11.8 Å². The van der Waals surface area contributed by atoms with Gasteiger partial charge in [0.05, 0.1) is 6.54 Å². The number of carboxylic acid groups (broad SMARTS) is 1. The van der Waals surface area contributed by atoms with Crippen molar-refractivity contribution in [3.8, 4) is 0 Å². The van der Waals surface area contributed by atoms with Gasteiger partial charge in [-0.25, -0.2) is 4.79 Å². The van der Waals surface area contributed by atoms with Crippen LogP contribution in [0.2, 0.25) is 0 Å². The molecule has 1 rings (SSSR count). The number of nitrogens with zero attached hydrogens (tertiary/aromatic N) is 1. The quantitative estimate of drug-likeness (QED) is 0.810. The number of carbonyl (C=O) groups is 1. The van der Waals surface area contributed by atoms with Gasteiger partial charge in [0, 0.05) is 0 Å². The van der Waals surface area contributed by atoms with Gasteiger partial charge in [0.1, 0.15) is 17.1 Å². The van der Waals surface area contributed by atoms with Gasteiger partial charge in [-0.15, -0.1) is 0 Å². The molecule has 0 amide bonds. The Hall–Kier alpha value is -1.29. The van der Waals surface area contributed by atoms with E-state index in [1.54, 1.807) is 13.0 Å². The topological polar surface area (TPSA) is 53.7 Å². The van der Waals surface area contributed by atoms with Crippen LogP contribution in [0.3, 0.4) is 0 Å². The van der Waals surface area contributed by atoms with E-state index < -0.39 is 5.97 Å². The van der Waals surface area contributed by atoms with Gasteiger partial charge in [-0.3, -0.25) is 4.90 Å². The van der Waals surface area contributed by atoms with Crippen molar-refractivity contribution < 1.29 is 14.3 Å². The van der Waals surface area contributed by atoms with Crippen molar-refractivity contribution in [2.75, 3.05) is 13.6 Å². The van der Waals surface area contributed by atoms with Crippen molar-refractivity contribution in [2.45, 2.75) is 26.8 Å². The molecule has 0 aromatic carbocycles. The average molecular weight is 211 g/mol. The van der Waals surface area contributed by atoms with E-state index in [0.717, 1.165) is 13.0 Å². The van der Waals surface area contributed by atoms with Crippen LogP contribution in [0, 0.1) is 6.92 Å². The molecule has 0 atom stereocenters. The first kappa shape index (κ1) is 11.8. The Balaban J connectivity index is 2.71. The molecule has 1 aromatic heterocycles. The van der Waals surface area contributed by atoms with Crippen molar-refractivity contribution in [3.63, 3.8) is 0 Å². The van der Waals surface area contributed by atoms with Crippen molar-refractivity contribution in [1.29, 1.82) is 0 Å². The van der Waals surface area contributed by atoms with Gasteiger partial charge in [-0.1, -0.05) is 6.92 Å². The minimum atomic E-state index is -0.930. The maximum absolute atomic E-state index is 10.8. The summed E-state index contributed by atoms with van der Waals surface area (Å²) in [6.07, 6.45) is 1.07. The van der Waals surface area contributed by atoms with Crippen LogP contribution in [0.1, 0.15) is 35.2 Å². The largest absolute Gasteiger partial charge is 0.478 e. The summed E-state index contributed by atoms with van der Waals surface area (Å²) < 4.78 is 5.37. The zero-order chi connectivity index (χ0) is 11.4. The summed E-state index contributed by atoms with van der Waals surface area (Å²) in [4.78, 5) is 12.9. The number of rotatable bonds is 5. The first-order valence-electron chi connectivity index (χ1n) is 5.05. The zero-order valence-electron chi connectivity index (χ0n) is 9.41. The summed E-state index contributed by atoms with van der Waals surface area (Å²) in [6, 6.07) is 1.60. The predicted molar refractivity (Wildman–Crippen MR) is 57.0 cm³/mol. The van der Waals surface area contributed by atoms with E-state index in [1.807, 2.05) is 7.05 Å². The summed E-state index contributed by atoms with van der Waals surface area (Å²) in [5, 5.41) is 8.84. The maximum Gasteiger partial charge on any atom is 0.339 e. The standard InChI is InChI=1S/C11H17NO3/c1-4-5-12(3)7-9-6-10(11(13)14)8(2)15-9/h6H,4-5,7H2,1-3H3,(H,13,14). The third kappa shape index (κ3) is 3.09. The Morgan fingerprint density at radius 2 is 2.27 bits per heavy atom. The first-order chi connectivity index (χ1) is 7.04. The van der Waals surface area contributed by atoms with Crippen LogP contribution in [-0.2, 0) is 6.54 Å². The minimum absolute atomic E-state index is 0.259. The molecule has 1 N–H and O–H groups in total. The van der Waals surface area contributed by atoms with Crippen molar-refractivity contribution in [3.05, 3.63) is 23.2 Å². The predicted octanol–water partition coefficient (Wildman–Crippen LogP) is 2.13. The third-order valence-electron chi connectivity index (χ3n) is 2.23. The second-order valence-corrected chi connectivity index (χ2v) is 3.73. The molecular weight excluding hydrogens is 194 g/mol. The fraction of sp³-hybridized carbons (Fsp3) is 0.545. The molecular formula is C11H17NO3. The van der Waals surface area contributed by atoms with Crippen molar-refractivity contribution in [2.24, 2.45) is 0 Å². The van der Waals surface area contributed by atoms with Crippen molar-refractivity contribution in [1.82, 2.24) is 4.90 Å². The van der Waals surface area contributed by atoms with Crippen LogP contribution in [0.5, 0.6) is 0 Å². The molecule has 0 unspecified atom stereocenters. The molecule has 0 aliphatic carbocycles. The van der Waals surface area contributed by atoms with Gasteiger partial charge in [0.2, 0.25) is 0 Å².